The molecule has 1 fully saturated rings. The molecule has 15 heavy (non-hydrogen) atoms. The summed E-state index contributed by atoms with van der Waals surface area (Å²) in [6, 6.07) is 0. The Bertz CT molecular complexity index is 252. The number of hydrogen-bond donors (Lipinski definition) is 1. The number of carbonyl (C=O) groups is 1. The summed E-state index contributed by atoms with van der Waals surface area (Å²) in [5.74, 6) is -0.620. The molecular formula is C12H21NO2. The summed E-state index contributed by atoms with van der Waals surface area (Å²) < 4.78 is 0. The van der Waals surface area contributed by atoms with E-state index in [2.05, 4.69) is 18.4 Å². The molecule has 0 aromatic heterocycles. The molecule has 1 rings (SSSR count). The van der Waals surface area contributed by atoms with E-state index in [9.17, 15) is 9.90 Å². The Morgan fingerprint density at radius 3 is 2.33 bits per heavy atom. The highest BCUT2D eigenvalue weighted by Gasteiger charge is 2.40. The molecule has 1 aliphatic rings. The summed E-state index contributed by atoms with van der Waals surface area (Å²) in [4.78, 5) is 13.5. The van der Waals surface area contributed by atoms with Crippen LogP contribution in [0.5, 0.6) is 0 Å². The summed E-state index contributed by atoms with van der Waals surface area (Å²) in [5, 5.41) is 9.30. The average Bonchev–Trinajstić information content (AvgIpc) is 2.18. The van der Waals surface area contributed by atoms with Crippen LogP contribution in [0.15, 0.2) is 12.3 Å². The van der Waals surface area contributed by atoms with E-state index >= 15 is 0 Å². The first-order chi connectivity index (χ1) is 7.02. The number of nitrogens with zero attached hydrogens (tertiary/aromatic N) is 1. The molecule has 1 aliphatic heterocycles. The molecule has 0 saturated carbocycles. The summed E-state index contributed by atoms with van der Waals surface area (Å²) >= 11 is 0. The van der Waals surface area contributed by atoms with Crippen LogP contribution < -0.4 is 0 Å². The van der Waals surface area contributed by atoms with E-state index in [-0.39, 0.29) is 0 Å². The number of hydrogen-bond acceptors (Lipinski definition) is 2. The van der Waals surface area contributed by atoms with Crippen LogP contribution in [0.3, 0.4) is 0 Å². The van der Waals surface area contributed by atoms with Gasteiger partial charge in [0.2, 0.25) is 0 Å². The van der Waals surface area contributed by atoms with E-state index in [1.54, 1.807) is 0 Å². The minimum absolute atomic E-state index is 0.472. The molecule has 0 unspecified atom stereocenters. The topological polar surface area (TPSA) is 40.5 Å². The Hall–Kier alpha value is -0.990. The predicted octanol–water partition coefficient (Wildman–Crippen LogP) is 2.49. The average molecular weight is 211 g/mol. The number of allylic oxidation sites excluding steroid dienone is 1. The van der Waals surface area contributed by atoms with Gasteiger partial charge in [0.1, 0.15) is 0 Å². The minimum atomic E-state index is -0.620. The maximum Gasteiger partial charge on any atom is 0.309 e. The van der Waals surface area contributed by atoms with Crippen molar-refractivity contribution in [3.63, 3.8) is 0 Å². The zero-order valence-corrected chi connectivity index (χ0v) is 9.75. The largest absolute Gasteiger partial charge is 0.481 e. The number of carboxylic acids is 1. The molecule has 0 radical (unpaired) electrons. The molecule has 1 N–H and O–H groups in total. The third-order valence-electron chi connectivity index (χ3n) is 3.44. The van der Waals surface area contributed by atoms with Gasteiger partial charge in [0.05, 0.1) is 5.41 Å². The van der Waals surface area contributed by atoms with Gasteiger partial charge < -0.3 is 10.0 Å². The van der Waals surface area contributed by atoms with Crippen LogP contribution in [0.4, 0.5) is 0 Å². The fourth-order valence-electron chi connectivity index (χ4n) is 2.37. The van der Waals surface area contributed by atoms with E-state index in [0.717, 1.165) is 44.5 Å². The van der Waals surface area contributed by atoms with Gasteiger partial charge in [-0.05, 0) is 26.2 Å². The molecule has 0 aromatic rings. The predicted molar refractivity (Wildman–Crippen MR) is 60.6 cm³/mol. The van der Waals surface area contributed by atoms with Crippen LogP contribution in [0.1, 0.15) is 39.5 Å². The molecule has 3 heteroatoms. The highest BCUT2D eigenvalue weighted by atomic mass is 16.4. The van der Waals surface area contributed by atoms with E-state index in [1.165, 1.54) is 0 Å². The first-order valence-electron chi connectivity index (χ1n) is 5.66. The Morgan fingerprint density at radius 1 is 1.47 bits per heavy atom. The lowest BCUT2D eigenvalue weighted by molar-refractivity contribution is -0.152. The van der Waals surface area contributed by atoms with Crippen molar-refractivity contribution < 1.29 is 9.90 Å². The summed E-state index contributed by atoms with van der Waals surface area (Å²) in [7, 11) is 0. The standard InChI is InChI=1S/C12H21NO2/c1-4-5-12(11(14)15)6-8-13(9-7-12)10(2)3/h2,4-9H2,1,3H3,(H,14,15). The van der Waals surface area contributed by atoms with Crippen molar-refractivity contribution in [3.05, 3.63) is 12.3 Å². The monoisotopic (exact) mass is 211 g/mol. The molecular weight excluding hydrogens is 190 g/mol. The van der Waals surface area contributed by atoms with Gasteiger partial charge in [0.25, 0.3) is 0 Å². The maximum atomic E-state index is 11.3. The summed E-state index contributed by atoms with van der Waals surface area (Å²) in [6.45, 7) is 9.60. The number of likely N-dealkylation sites (tertiary alicyclic amines) is 1. The highest BCUT2D eigenvalue weighted by Crippen LogP contribution is 2.37. The smallest absolute Gasteiger partial charge is 0.309 e. The van der Waals surface area contributed by atoms with Gasteiger partial charge in [0, 0.05) is 18.8 Å². The zero-order valence-electron chi connectivity index (χ0n) is 9.75. The van der Waals surface area contributed by atoms with E-state index < -0.39 is 11.4 Å². The molecule has 0 spiro atoms. The van der Waals surface area contributed by atoms with Crippen molar-refractivity contribution in [2.45, 2.75) is 39.5 Å². The minimum Gasteiger partial charge on any atom is -0.481 e. The number of aliphatic carboxylic acids is 1. The Balaban J connectivity index is 2.65. The van der Waals surface area contributed by atoms with Crippen LogP contribution >= 0.6 is 0 Å². The zero-order chi connectivity index (χ0) is 11.5. The van der Waals surface area contributed by atoms with Crippen molar-refractivity contribution in [2.75, 3.05) is 13.1 Å². The first kappa shape index (κ1) is 12.1. The number of rotatable bonds is 4. The van der Waals surface area contributed by atoms with Gasteiger partial charge >= 0.3 is 5.97 Å². The van der Waals surface area contributed by atoms with Gasteiger partial charge in [0.15, 0.2) is 0 Å². The van der Waals surface area contributed by atoms with Crippen LogP contribution in [0.2, 0.25) is 0 Å². The number of piperidine rings is 1. The Morgan fingerprint density at radius 2 is 2.00 bits per heavy atom. The van der Waals surface area contributed by atoms with Crippen LogP contribution in [0, 0.1) is 5.41 Å². The lowest BCUT2D eigenvalue weighted by atomic mass is 9.75. The molecule has 3 nitrogen and oxygen atoms in total. The SMILES string of the molecule is C=C(C)N1CCC(CCC)(C(=O)O)CC1. The fraction of sp³-hybridized carbons (Fsp3) is 0.750. The highest BCUT2D eigenvalue weighted by molar-refractivity contribution is 5.74. The third kappa shape index (κ3) is 2.52. The van der Waals surface area contributed by atoms with Gasteiger partial charge in [-0.3, -0.25) is 4.79 Å². The molecule has 0 amide bonds. The second kappa shape index (κ2) is 4.69. The summed E-state index contributed by atoms with van der Waals surface area (Å²) in [5.41, 5.74) is 0.575. The second-order valence-corrected chi connectivity index (χ2v) is 4.56. The fourth-order valence-corrected chi connectivity index (χ4v) is 2.37. The Kier molecular flexibility index (Phi) is 3.77. The van der Waals surface area contributed by atoms with Crippen molar-refractivity contribution in [3.8, 4) is 0 Å². The van der Waals surface area contributed by atoms with Gasteiger partial charge in [-0.2, -0.15) is 0 Å². The van der Waals surface area contributed by atoms with Crippen LogP contribution in [-0.4, -0.2) is 29.1 Å². The van der Waals surface area contributed by atoms with Crippen molar-refractivity contribution in [1.82, 2.24) is 4.90 Å². The van der Waals surface area contributed by atoms with Crippen molar-refractivity contribution in [1.29, 1.82) is 0 Å². The molecule has 0 aromatic carbocycles. The normalized spacial score (nSPS) is 20.0. The lowest BCUT2D eigenvalue weighted by Crippen LogP contribution is -2.43. The third-order valence-corrected chi connectivity index (χ3v) is 3.44. The van der Waals surface area contributed by atoms with Crippen molar-refractivity contribution in [2.24, 2.45) is 5.41 Å². The van der Waals surface area contributed by atoms with Crippen LogP contribution in [0.25, 0.3) is 0 Å². The van der Waals surface area contributed by atoms with Gasteiger partial charge in [-0.25, -0.2) is 0 Å². The summed E-state index contributed by atoms with van der Waals surface area (Å²) in [6.07, 6.45) is 3.25. The Labute approximate surface area is 91.8 Å². The molecule has 1 heterocycles. The maximum absolute atomic E-state index is 11.3. The molecule has 0 bridgehead atoms. The quantitative estimate of drug-likeness (QED) is 0.776. The first-order valence-corrected chi connectivity index (χ1v) is 5.66. The number of carboxylic acid groups (broad SMARTS) is 1. The molecule has 86 valence electrons. The molecule has 0 atom stereocenters. The van der Waals surface area contributed by atoms with E-state index in [0.29, 0.717) is 0 Å². The van der Waals surface area contributed by atoms with E-state index in [1.807, 2.05) is 6.92 Å². The molecule has 0 aliphatic carbocycles. The van der Waals surface area contributed by atoms with Gasteiger partial charge in [-0.1, -0.05) is 19.9 Å². The van der Waals surface area contributed by atoms with Crippen LogP contribution in [-0.2, 0) is 4.79 Å². The lowest BCUT2D eigenvalue weighted by Gasteiger charge is -2.40. The molecule has 1 saturated heterocycles. The second-order valence-electron chi connectivity index (χ2n) is 4.56. The van der Waals surface area contributed by atoms with Crippen molar-refractivity contribution >= 4 is 5.97 Å². The van der Waals surface area contributed by atoms with E-state index in [4.69, 9.17) is 0 Å². The van der Waals surface area contributed by atoms with Gasteiger partial charge in [-0.15, -0.1) is 0 Å².